The summed E-state index contributed by atoms with van der Waals surface area (Å²) in [6, 6.07) is 1.20. The molecule has 0 aliphatic carbocycles. The minimum absolute atomic E-state index is 0.567. The second kappa shape index (κ2) is 7.41. The van der Waals surface area contributed by atoms with Crippen molar-refractivity contribution >= 4 is 10.8 Å². The van der Waals surface area contributed by atoms with Crippen LogP contribution in [0.15, 0.2) is 0 Å². The van der Waals surface area contributed by atoms with Gasteiger partial charge in [0.05, 0.1) is 0 Å². The van der Waals surface area contributed by atoms with E-state index in [9.17, 15) is 4.21 Å². The number of nitrogens with zero attached hydrogens (tertiary/aromatic N) is 1. The van der Waals surface area contributed by atoms with Gasteiger partial charge < -0.3 is 5.32 Å². The van der Waals surface area contributed by atoms with Crippen molar-refractivity contribution in [2.75, 3.05) is 31.6 Å². The Hall–Kier alpha value is 0.0700. The lowest BCUT2D eigenvalue weighted by Gasteiger charge is -2.29. The molecule has 3 nitrogen and oxygen atoms in total. The molecule has 1 saturated heterocycles. The van der Waals surface area contributed by atoms with Gasteiger partial charge in [0, 0.05) is 41.4 Å². The van der Waals surface area contributed by atoms with Crippen molar-refractivity contribution in [1.82, 2.24) is 10.2 Å². The molecule has 0 aromatic rings. The molecule has 0 aromatic heterocycles. The van der Waals surface area contributed by atoms with E-state index in [0.717, 1.165) is 25.3 Å². The van der Waals surface area contributed by atoms with Crippen molar-refractivity contribution in [3.05, 3.63) is 0 Å². The van der Waals surface area contributed by atoms with Crippen LogP contribution in [0.2, 0.25) is 0 Å². The fourth-order valence-corrected chi connectivity index (χ4v) is 2.89. The number of hydrogen-bond acceptors (Lipinski definition) is 3. The molecule has 0 spiro atoms. The number of nitrogens with one attached hydrogen (secondary N) is 1. The third-order valence-electron chi connectivity index (χ3n) is 3.45. The topological polar surface area (TPSA) is 32.3 Å². The van der Waals surface area contributed by atoms with Crippen molar-refractivity contribution in [3.63, 3.8) is 0 Å². The lowest BCUT2D eigenvalue weighted by molar-refractivity contribution is 0.200. The molecule has 1 aliphatic heterocycles. The molecule has 96 valence electrons. The van der Waals surface area contributed by atoms with Gasteiger partial charge in [-0.15, -0.1) is 0 Å². The van der Waals surface area contributed by atoms with Crippen molar-refractivity contribution in [3.8, 4) is 0 Å². The third kappa shape index (κ3) is 4.93. The Kier molecular flexibility index (Phi) is 6.54. The molecule has 1 rings (SSSR count). The van der Waals surface area contributed by atoms with Crippen LogP contribution in [0.1, 0.15) is 33.1 Å². The SMILES string of the molecule is CCC1CN(C(C)CCS(C)=O)CCCN1. The van der Waals surface area contributed by atoms with E-state index in [1.54, 1.807) is 6.26 Å². The standard InChI is InChI=1S/C12H26N2OS/c1-4-12-10-14(8-5-7-13-12)11(2)6-9-16(3)15/h11-13H,4-10H2,1-3H3. The molecule has 0 radical (unpaired) electrons. The summed E-state index contributed by atoms with van der Waals surface area (Å²) in [5.74, 6) is 0.835. The zero-order chi connectivity index (χ0) is 12.0. The molecule has 0 saturated carbocycles. The van der Waals surface area contributed by atoms with Gasteiger partial charge in [0.1, 0.15) is 0 Å². The predicted molar refractivity (Wildman–Crippen MR) is 71.3 cm³/mol. The van der Waals surface area contributed by atoms with Crippen LogP contribution < -0.4 is 5.32 Å². The van der Waals surface area contributed by atoms with Gasteiger partial charge >= 0.3 is 0 Å². The number of rotatable bonds is 5. The van der Waals surface area contributed by atoms with E-state index in [-0.39, 0.29) is 0 Å². The lowest BCUT2D eigenvalue weighted by atomic mass is 10.1. The van der Waals surface area contributed by atoms with Crippen LogP contribution >= 0.6 is 0 Å². The molecule has 0 bridgehead atoms. The van der Waals surface area contributed by atoms with Gasteiger partial charge in [0.2, 0.25) is 0 Å². The molecule has 0 amide bonds. The van der Waals surface area contributed by atoms with Crippen molar-refractivity contribution in [2.24, 2.45) is 0 Å². The van der Waals surface area contributed by atoms with E-state index in [1.165, 1.54) is 19.4 Å². The zero-order valence-electron chi connectivity index (χ0n) is 10.9. The summed E-state index contributed by atoms with van der Waals surface area (Å²) < 4.78 is 11.1. The highest BCUT2D eigenvalue weighted by atomic mass is 32.2. The third-order valence-corrected chi connectivity index (χ3v) is 4.26. The summed E-state index contributed by atoms with van der Waals surface area (Å²) in [6.07, 6.45) is 5.28. The van der Waals surface area contributed by atoms with E-state index >= 15 is 0 Å². The van der Waals surface area contributed by atoms with Crippen LogP contribution in [-0.2, 0) is 10.8 Å². The van der Waals surface area contributed by atoms with Crippen molar-refractivity contribution < 1.29 is 4.21 Å². The first-order valence-corrected chi connectivity index (χ1v) is 8.13. The van der Waals surface area contributed by atoms with E-state index < -0.39 is 10.8 Å². The van der Waals surface area contributed by atoms with Crippen molar-refractivity contribution in [2.45, 2.75) is 45.2 Å². The van der Waals surface area contributed by atoms with Gasteiger partial charge in [-0.2, -0.15) is 0 Å². The first-order chi connectivity index (χ1) is 7.63. The molecular weight excluding hydrogens is 220 g/mol. The van der Waals surface area contributed by atoms with E-state index in [2.05, 4.69) is 24.1 Å². The van der Waals surface area contributed by atoms with E-state index in [0.29, 0.717) is 12.1 Å². The maximum Gasteiger partial charge on any atom is 0.0246 e. The normalized spacial score (nSPS) is 27.3. The van der Waals surface area contributed by atoms with Crippen LogP contribution in [0.3, 0.4) is 0 Å². The number of hydrogen-bond donors (Lipinski definition) is 1. The molecule has 1 fully saturated rings. The highest BCUT2D eigenvalue weighted by Gasteiger charge is 2.20. The van der Waals surface area contributed by atoms with Gasteiger partial charge in [-0.1, -0.05) is 6.92 Å². The molecule has 16 heavy (non-hydrogen) atoms. The quantitative estimate of drug-likeness (QED) is 0.791. The summed E-state index contributed by atoms with van der Waals surface area (Å²) in [5.41, 5.74) is 0. The Morgan fingerprint density at radius 1 is 1.56 bits per heavy atom. The van der Waals surface area contributed by atoms with E-state index in [1.807, 2.05) is 0 Å². The zero-order valence-corrected chi connectivity index (χ0v) is 11.7. The van der Waals surface area contributed by atoms with Crippen LogP contribution in [0.4, 0.5) is 0 Å². The summed E-state index contributed by atoms with van der Waals surface area (Å²) in [6.45, 7) is 7.98. The Balaban J connectivity index is 2.39. The molecule has 4 heteroatoms. The lowest BCUT2D eigenvalue weighted by Crippen LogP contribution is -2.41. The Bertz CT molecular complexity index is 223. The molecule has 1 heterocycles. The van der Waals surface area contributed by atoms with Gasteiger partial charge in [-0.3, -0.25) is 9.11 Å². The molecule has 3 atom stereocenters. The largest absolute Gasteiger partial charge is 0.313 e. The summed E-state index contributed by atoms with van der Waals surface area (Å²) in [5, 5.41) is 3.58. The average Bonchev–Trinajstić information content (AvgIpc) is 2.50. The summed E-state index contributed by atoms with van der Waals surface area (Å²) >= 11 is 0. The summed E-state index contributed by atoms with van der Waals surface area (Å²) in [7, 11) is -0.648. The van der Waals surface area contributed by atoms with Gasteiger partial charge in [0.15, 0.2) is 0 Å². The van der Waals surface area contributed by atoms with E-state index in [4.69, 9.17) is 0 Å². The second-order valence-electron chi connectivity index (χ2n) is 4.82. The Morgan fingerprint density at radius 3 is 2.94 bits per heavy atom. The highest BCUT2D eigenvalue weighted by molar-refractivity contribution is 7.84. The highest BCUT2D eigenvalue weighted by Crippen LogP contribution is 2.10. The minimum Gasteiger partial charge on any atom is -0.313 e. The molecule has 1 aliphatic rings. The van der Waals surface area contributed by atoms with Crippen molar-refractivity contribution in [1.29, 1.82) is 0 Å². The van der Waals surface area contributed by atoms with Crippen LogP contribution in [-0.4, -0.2) is 52.8 Å². The molecule has 1 N–H and O–H groups in total. The molecular formula is C12H26N2OS. The maximum atomic E-state index is 11.1. The summed E-state index contributed by atoms with van der Waals surface area (Å²) in [4.78, 5) is 2.56. The van der Waals surface area contributed by atoms with Gasteiger partial charge in [0.25, 0.3) is 0 Å². The maximum absolute atomic E-state index is 11.1. The van der Waals surface area contributed by atoms with Crippen LogP contribution in [0.5, 0.6) is 0 Å². The first-order valence-electron chi connectivity index (χ1n) is 6.41. The van der Waals surface area contributed by atoms with Crippen LogP contribution in [0, 0.1) is 0 Å². The second-order valence-corrected chi connectivity index (χ2v) is 6.38. The fourth-order valence-electron chi connectivity index (χ4n) is 2.22. The minimum atomic E-state index is -0.648. The van der Waals surface area contributed by atoms with Gasteiger partial charge in [-0.05, 0) is 39.3 Å². The molecule has 0 aromatic carbocycles. The Labute approximate surface area is 102 Å². The molecule has 3 unspecified atom stereocenters. The first kappa shape index (κ1) is 14.1. The predicted octanol–water partition coefficient (Wildman–Crippen LogP) is 1.22. The monoisotopic (exact) mass is 246 g/mol. The van der Waals surface area contributed by atoms with Gasteiger partial charge in [-0.25, -0.2) is 0 Å². The fraction of sp³-hybridized carbons (Fsp3) is 1.00. The van der Waals surface area contributed by atoms with Crippen LogP contribution in [0.25, 0.3) is 0 Å². The smallest absolute Gasteiger partial charge is 0.0246 e. The average molecular weight is 246 g/mol. The Morgan fingerprint density at radius 2 is 2.31 bits per heavy atom.